The molecule has 0 saturated carbocycles. The Morgan fingerprint density at radius 1 is 1.86 bits per heavy atom. The molecule has 36 valence electrons. The van der Waals surface area contributed by atoms with Crippen LogP contribution in [0, 0.1) is 11.8 Å². The minimum Gasteiger partial charge on any atom is -0.285 e. The molecule has 0 aromatic carbocycles. The first-order valence-corrected chi connectivity index (χ1v) is 1.90. The van der Waals surface area contributed by atoms with E-state index in [4.69, 9.17) is 0 Å². The summed E-state index contributed by atoms with van der Waals surface area (Å²) in [5.41, 5.74) is 0. The first-order chi connectivity index (χ1) is 3.27. The van der Waals surface area contributed by atoms with Crippen molar-refractivity contribution in [3.63, 3.8) is 0 Å². The molecule has 0 rings (SSSR count). The van der Waals surface area contributed by atoms with E-state index < -0.39 is 0 Å². The molecule has 0 radical (unpaired) electrons. The Bertz CT molecular complexity index is 134. The summed E-state index contributed by atoms with van der Waals surface area (Å²) < 4.78 is 0. The monoisotopic (exact) mass is 94.0 g/mol. The van der Waals surface area contributed by atoms with Gasteiger partial charge >= 0.3 is 0 Å². The van der Waals surface area contributed by atoms with E-state index >= 15 is 0 Å². The summed E-state index contributed by atoms with van der Waals surface area (Å²) in [5, 5.41) is 0. The smallest absolute Gasteiger partial charge is 0.202 e. The quantitative estimate of drug-likeness (QED) is 0.320. The number of allylic oxidation sites excluding steroid dienone is 1. The molecule has 0 aliphatic carbocycles. The molecule has 0 spiro atoms. The number of rotatable bonds is 0. The Kier molecular flexibility index (Phi) is 2.70. The fourth-order valence-corrected chi connectivity index (χ4v) is 0.153. The van der Waals surface area contributed by atoms with Crippen LogP contribution in [0.3, 0.4) is 0 Å². The van der Waals surface area contributed by atoms with Crippen molar-refractivity contribution >= 4 is 5.78 Å². The van der Waals surface area contributed by atoms with Gasteiger partial charge < -0.3 is 0 Å². The van der Waals surface area contributed by atoms with Crippen LogP contribution >= 0.6 is 0 Å². The summed E-state index contributed by atoms with van der Waals surface area (Å²) in [6.07, 6.45) is 1.39. The first kappa shape index (κ1) is 5.97. The van der Waals surface area contributed by atoms with Gasteiger partial charge in [-0.25, -0.2) is 0 Å². The molecule has 1 heteroatoms. The summed E-state index contributed by atoms with van der Waals surface area (Å²) >= 11 is 0. The maximum atomic E-state index is 9.98. The first-order valence-electron chi connectivity index (χ1n) is 1.90. The third-order valence-corrected chi connectivity index (χ3v) is 0.350. The molecule has 0 heterocycles. The van der Waals surface area contributed by atoms with Crippen molar-refractivity contribution in [3.8, 4) is 11.8 Å². The SMILES string of the molecule is C=CC#CC(C)=O. The van der Waals surface area contributed by atoms with Crippen molar-refractivity contribution in [2.75, 3.05) is 0 Å². The van der Waals surface area contributed by atoms with E-state index in [2.05, 4.69) is 18.4 Å². The van der Waals surface area contributed by atoms with Gasteiger partial charge in [0.2, 0.25) is 5.78 Å². The van der Waals surface area contributed by atoms with Crippen LogP contribution in [-0.2, 0) is 4.79 Å². The van der Waals surface area contributed by atoms with Crippen LogP contribution in [0.2, 0.25) is 0 Å². The molecule has 0 aromatic rings. The highest BCUT2D eigenvalue weighted by Gasteiger charge is 1.73. The lowest BCUT2D eigenvalue weighted by Gasteiger charge is -1.63. The molecular formula is C6H6O. The van der Waals surface area contributed by atoms with Gasteiger partial charge in [-0.1, -0.05) is 12.5 Å². The number of ketones is 1. The molecule has 1 nitrogen and oxygen atoms in total. The molecule has 0 aliphatic rings. The minimum atomic E-state index is -0.125. The summed E-state index contributed by atoms with van der Waals surface area (Å²) in [4.78, 5) is 9.98. The molecule has 7 heavy (non-hydrogen) atoms. The van der Waals surface area contributed by atoms with Gasteiger partial charge in [0.1, 0.15) is 0 Å². The van der Waals surface area contributed by atoms with Crippen molar-refractivity contribution in [1.82, 2.24) is 0 Å². The topological polar surface area (TPSA) is 17.1 Å². The van der Waals surface area contributed by atoms with E-state index in [1.54, 1.807) is 0 Å². The lowest BCUT2D eigenvalue weighted by Crippen LogP contribution is -1.78. The third kappa shape index (κ3) is 4.97. The van der Waals surface area contributed by atoms with Gasteiger partial charge in [-0.15, -0.1) is 0 Å². The zero-order chi connectivity index (χ0) is 5.70. The normalized spacial score (nSPS) is 5.86. The van der Waals surface area contributed by atoms with Gasteiger partial charge in [0.05, 0.1) is 0 Å². The summed E-state index contributed by atoms with van der Waals surface area (Å²) in [6, 6.07) is 0. The maximum Gasteiger partial charge on any atom is 0.202 e. The molecular weight excluding hydrogens is 88.1 g/mol. The Morgan fingerprint density at radius 2 is 2.43 bits per heavy atom. The second-order valence-corrected chi connectivity index (χ2v) is 1.03. The fourth-order valence-electron chi connectivity index (χ4n) is 0.153. The highest BCUT2D eigenvalue weighted by molar-refractivity contribution is 5.93. The van der Waals surface area contributed by atoms with E-state index in [1.807, 2.05) is 0 Å². The second kappa shape index (κ2) is 3.17. The highest BCUT2D eigenvalue weighted by Crippen LogP contribution is 1.60. The van der Waals surface area contributed by atoms with E-state index in [-0.39, 0.29) is 5.78 Å². The summed E-state index contributed by atoms with van der Waals surface area (Å²) in [7, 11) is 0. The second-order valence-electron chi connectivity index (χ2n) is 1.03. The van der Waals surface area contributed by atoms with Crippen LogP contribution in [-0.4, -0.2) is 5.78 Å². The number of carbonyl (C=O) groups is 1. The van der Waals surface area contributed by atoms with Crippen LogP contribution in [0.5, 0.6) is 0 Å². The van der Waals surface area contributed by atoms with E-state index in [0.717, 1.165) is 0 Å². The lowest BCUT2D eigenvalue weighted by atomic mass is 10.4. The van der Waals surface area contributed by atoms with Crippen molar-refractivity contribution in [2.45, 2.75) is 6.92 Å². The summed E-state index contributed by atoms with van der Waals surface area (Å²) in [5.74, 6) is 4.58. The van der Waals surface area contributed by atoms with Crippen LogP contribution in [0.4, 0.5) is 0 Å². The number of Topliss-reactive ketones (excluding diaryl/α,β-unsaturated/α-hetero) is 1. The predicted molar refractivity (Wildman–Crippen MR) is 28.7 cm³/mol. The Hall–Kier alpha value is -1.03. The summed E-state index contributed by atoms with van der Waals surface area (Å²) in [6.45, 7) is 4.72. The largest absolute Gasteiger partial charge is 0.285 e. The minimum absolute atomic E-state index is 0.125. The fraction of sp³-hybridized carbons (Fsp3) is 0.167. The molecule has 0 bridgehead atoms. The van der Waals surface area contributed by atoms with Crippen molar-refractivity contribution in [2.24, 2.45) is 0 Å². The maximum absolute atomic E-state index is 9.98. The average molecular weight is 94.1 g/mol. The van der Waals surface area contributed by atoms with Gasteiger partial charge in [-0.3, -0.25) is 4.79 Å². The molecule has 0 aromatic heterocycles. The van der Waals surface area contributed by atoms with E-state index in [1.165, 1.54) is 13.0 Å². The van der Waals surface area contributed by atoms with Crippen molar-refractivity contribution < 1.29 is 4.79 Å². The Balaban J connectivity index is 3.66. The van der Waals surface area contributed by atoms with Crippen LogP contribution in [0.15, 0.2) is 12.7 Å². The molecule has 0 amide bonds. The van der Waals surface area contributed by atoms with Crippen molar-refractivity contribution in [1.29, 1.82) is 0 Å². The molecule has 0 atom stereocenters. The molecule has 0 aliphatic heterocycles. The third-order valence-electron chi connectivity index (χ3n) is 0.350. The lowest BCUT2D eigenvalue weighted by molar-refractivity contribution is -0.111. The van der Waals surface area contributed by atoms with Crippen LogP contribution < -0.4 is 0 Å². The molecule has 0 saturated heterocycles. The van der Waals surface area contributed by atoms with E-state index in [0.29, 0.717) is 0 Å². The average Bonchev–Trinajstić information content (AvgIpc) is 1.61. The predicted octanol–water partition coefficient (Wildman–Crippen LogP) is 0.765. The Morgan fingerprint density at radius 3 is 2.57 bits per heavy atom. The highest BCUT2D eigenvalue weighted by atomic mass is 16.1. The molecule has 0 fully saturated rings. The molecule has 0 N–H and O–H groups in total. The standard InChI is InChI=1S/C6H6O/c1-3-4-5-6(2)7/h3H,1H2,2H3. The van der Waals surface area contributed by atoms with Gasteiger partial charge in [0, 0.05) is 6.92 Å². The van der Waals surface area contributed by atoms with Gasteiger partial charge in [0.15, 0.2) is 0 Å². The zero-order valence-corrected chi connectivity index (χ0v) is 4.19. The zero-order valence-electron chi connectivity index (χ0n) is 4.19. The Labute approximate surface area is 43.0 Å². The number of hydrogen-bond donors (Lipinski definition) is 0. The van der Waals surface area contributed by atoms with Gasteiger partial charge in [-0.05, 0) is 12.0 Å². The number of carbonyl (C=O) groups excluding carboxylic acids is 1. The van der Waals surface area contributed by atoms with Gasteiger partial charge in [0.25, 0.3) is 0 Å². The van der Waals surface area contributed by atoms with Gasteiger partial charge in [-0.2, -0.15) is 0 Å². The molecule has 0 unspecified atom stereocenters. The van der Waals surface area contributed by atoms with E-state index in [9.17, 15) is 4.79 Å². The van der Waals surface area contributed by atoms with Crippen LogP contribution in [0.25, 0.3) is 0 Å². The van der Waals surface area contributed by atoms with Crippen LogP contribution in [0.1, 0.15) is 6.92 Å². The van der Waals surface area contributed by atoms with Crippen molar-refractivity contribution in [3.05, 3.63) is 12.7 Å². The number of hydrogen-bond acceptors (Lipinski definition) is 1.